The summed E-state index contributed by atoms with van der Waals surface area (Å²) in [5.74, 6) is 0.638. The Morgan fingerprint density at radius 2 is 1.52 bits per heavy atom. The van der Waals surface area contributed by atoms with Crippen LogP contribution in [0.1, 0.15) is 45.5 Å². The molecule has 1 heterocycles. The number of hydrogen-bond donors (Lipinski definition) is 2. The van der Waals surface area contributed by atoms with Gasteiger partial charge in [-0.2, -0.15) is 0 Å². The Bertz CT molecular complexity index is 1070. The van der Waals surface area contributed by atoms with Crippen LogP contribution in [0.5, 0.6) is 11.5 Å². The van der Waals surface area contributed by atoms with Crippen LogP contribution in [-0.4, -0.2) is 35.8 Å². The van der Waals surface area contributed by atoms with Crippen molar-refractivity contribution in [2.24, 2.45) is 5.73 Å². The molecular weight excluding hydrogens is 414 g/mol. The lowest BCUT2D eigenvalue weighted by Gasteiger charge is -2.35. The Balaban J connectivity index is 1.31. The van der Waals surface area contributed by atoms with Crippen molar-refractivity contribution in [2.75, 3.05) is 13.1 Å². The smallest absolute Gasteiger partial charge is 0.251 e. The van der Waals surface area contributed by atoms with Crippen molar-refractivity contribution in [3.8, 4) is 11.5 Å². The fourth-order valence-corrected chi connectivity index (χ4v) is 4.13. The molecular formula is C27H29N3O3. The van der Waals surface area contributed by atoms with Gasteiger partial charge in [-0.25, -0.2) is 0 Å². The topological polar surface area (TPSA) is 84.7 Å². The van der Waals surface area contributed by atoms with E-state index in [1.54, 1.807) is 48.5 Å². The number of nitrogens with two attached hydrogens (primary N) is 1. The predicted octanol–water partition coefficient (Wildman–Crippen LogP) is 4.36. The number of nitrogens with zero attached hydrogens (tertiary/aromatic N) is 1. The molecule has 33 heavy (non-hydrogen) atoms. The molecule has 0 aliphatic carbocycles. The fraction of sp³-hybridized carbons (Fsp3) is 0.259. The van der Waals surface area contributed by atoms with Crippen LogP contribution in [0.25, 0.3) is 0 Å². The SMILES string of the molecule is NC(=O)c1ccc(Oc2ccc(C(=O)NCC3CCCCN3Cc3ccccc3)cc2)cc1. The van der Waals surface area contributed by atoms with E-state index in [-0.39, 0.29) is 5.91 Å². The molecule has 3 aromatic carbocycles. The monoisotopic (exact) mass is 443 g/mol. The molecule has 0 saturated carbocycles. The van der Waals surface area contributed by atoms with E-state index in [4.69, 9.17) is 10.5 Å². The number of nitrogens with one attached hydrogen (secondary N) is 1. The summed E-state index contributed by atoms with van der Waals surface area (Å²) in [6.07, 6.45) is 3.48. The number of amides is 2. The van der Waals surface area contributed by atoms with Gasteiger partial charge in [-0.15, -0.1) is 0 Å². The van der Waals surface area contributed by atoms with Crippen molar-refractivity contribution in [3.63, 3.8) is 0 Å². The van der Waals surface area contributed by atoms with Crippen LogP contribution < -0.4 is 15.8 Å². The van der Waals surface area contributed by atoms with Gasteiger partial charge in [0.2, 0.25) is 5.91 Å². The van der Waals surface area contributed by atoms with Crippen LogP contribution in [-0.2, 0) is 6.54 Å². The van der Waals surface area contributed by atoms with Crippen LogP contribution in [0.2, 0.25) is 0 Å². The maximum atomic E-state index is 12.7. The number of benzene rings is 3. The molecule has 1 unspecified atom stereocenters. The molecule has 2 amide bonds. The minimum atomic E-state index is -0.478. The lowest BCUT2D eigenvalue weighted by molar-refractivity contribution is 0.0907. The first-order chi connectivity index (χ1) is 16.1. The second-order valence-electron chi connectivity index (χ2n) is 8.33. The number of carbonyl (C=O) groups excluding carboxylic acids is 2. The molecule has 1 aliphatic heterocycles. The van der Waals surface area contributed by atoms with Crippen molar-refractivity contribution in [1.82, 2.24) is 10.2 Å². The summed E-state index contributed by atoms with van der Waals surface area (Å²) in [4.78, 5) is 26.3. The quantitative estimate of drug-likeness (QED) is 0.542. The van der Waals surface area contributed by atoms with Gasteiger partial charge in [0.05, 0.1) is 0 Å². The Hall–Kier alpha value is -3.64. The Kier molecular flexibility index (Phi) is 7.37. The highest BCUT2D eigenvalue weighted by Crippen LogP contribution is 2.23. The van der Waals surface area contributed by atoms with E-state index in [9.17, 15) is 9.59 Å². The molecule has 1 saturated heterocycles. The van der Waals surface area contributed by atoms with Gasteiger partial charge in [0.1, 0.15) is 11.5 Å². The number of rotatable bonds is 8. The fourth-order valence-electron chi connectivity index (χ4n) is 4.13. The molecule has 1 fully saturated rings. The van der Waals surface area contributed by atoms with Gasteiger partial charge in [-0.05, 0) is 73.5 Å². The number of hydrogen-bond acceptors (Lipinski definition) is 4. The summed E-state index contributed by atoms with van der Waals surface area (Å²) < 4.78 is 5.78. The summed E-state index contributed by atoms with van der Waals surface area (Å²) in [7, 11) is 0. The number of likely N-dealkylation sites (tertiary alicyclic amines) is 1. The minimum absolute atomic E-state index is 0.0856. The highest BCUT2D eigenvalue weighted by molar-refractivity contribution is 5.94. The van der Waals surface area contributed by atoms with Crippen LogP contribution in [0.3, 0.4) is 0 Å². The zero-order chi connectivity index (χ0) is 23.0. The Labute approximate surface area is 194 Å². The van der Waals surface area contributed by atoms with Gasteiger partial charge in [-0.3, -0.25) is 14.5 Å². The van der Waals surface area contributed by atoms with Crippen molar-refractivity contribution < 1.29 is 14.3 Å². The van der Waals surface area contributed by atoms with E-state index in [0.29, 0.717) is 35.2 Å². The van der Waals surface area contributed by atoms with Gasteiger partial charge < -0.3 is 15.8 Å². The summed E-state index contributed by atoms with van der Waals surface area (Å²) >= 11 is 0. The van der Waals surface area contributed by atoms with Crippen molar-refractivity contribution in [3.05, 3.63) is 95.6 Å². The van der Waals surface area contributed by atoms with Gasteiger partial charge in [-0.1, -0.05) is 36.8 Å². The molecule has 0 aromatic heterocycles. The molecule has 6 nitrogen and oxygen atoms in total. The molecule has 1 atom stereocenters. The number of primary amides is 1. The number of carbonyl (C=O) groups is 2. The normalized spacial score (nSPS) is 16.2. The first kappa shape index (κ1) is 22.6. The first-order valence-electron chi connectivity index (χ1n) is 11.3. The lowest BCUT2D eigenvalue weighted by atomic mass is 10.0. The van der Waals surface area contributed by atoms with E-state index in [2.05, 4.69) is 34.5 Å². The molecule has 3 N–H and O–H groups in total. The average Bonchev–Trinajstić information content (AvgIpc) is 2.85. The first-order valence-corrected chi connectivity index (χ1v) is 11.3. The van der Waals surface area contributed by atoms with Crippen molar-refractivity contribution in [2.45, 2.75) is 31.8 Å². The minimum Gasteiger partial charge on any atom is -0.457 e. The van der Waals surface area contributed by atoms with E-state index >= 15 is 0 Å². The molecule has 3 aromatic rings. The third-order valence-corrected chi connectivity index (χ3v) is 5.97. The summed E-state index contributed by atoms with van der Waals surface area (Å²) in [5, 5.41) is 3.11. The van der Waals surface area contributed by atoms with E-state index < -0.39 is 5.91 Å². The van der Waals surface area contributed by atoms with Crippen LogP contribution >= 0.6 is 0 Å². The van der Waals surface area contributed by atoms with Gasteiger partial charge in [0, 0.05) is 30.3 Å². The van der Waals surface area contributed by atoms with Gasteiger partial charge in [0.25, 0.3) is 5.91 Å². The molecule has 6 heteroatoms. The van der Waals surface area contributed by atoms with Crippen LogP contribution in [0, 0.1) is 0 Å². The van der Waals surface area contributed by atoms with Crippen molar-refractivity contribution >= 4 is 11.8 Å². The van der Waals surface area contributed by atoms with E-state index in [1.807, 2.05) is 6.07 Å². The standard InChI is InChI=1S/C27H29N3O3/c28-26(31)21-9-13-24(14-10-21)33-25-15-11-22(12-16-25)27(32)29-18-23-8-4-5-17-30(23)19-20-6-2-1-3-7-20/h1-3,6-7,9-16,23H,4-5,8,17-19H2,(H2,28,31)(H,29,32). The lowest BCUT2D eigenvalue weighted by Crippen LogP contribution is -2.46. The average molecular weight is 444 g/mol. The third kappa shape index (κ3) is 6.20. The predicted molar refractivity (Wildman–Crippen MR) is 128 cm³/mol. The molecule has 0 radical (unpaired) electrons. The van der Waals surface area contributed by atoms with Crippen LogP contribution in [0.15, 0.2) is 78.9 Å². The second kappa shape index (κ2) is 10.8. The number of ether oxygens (including phenoxy) is 1. The molecule has 0 spiro atoms. The zero-order valence-electron chi connectivity index (χ0n) is 18.6. The molecule has 4 rings (SSSR count). The van der Waals surface area contributed by atoms with Gasteiger partial charge in [0.15, 0.2) is 0 Å². The largest absolute Gasteiger partial charge is 0.457 e. The molecule has 1 aliphatic rings. The Morgan fingerprint density at radius 1 is 0.879 bits per heavy atom. The summed E-state index contributed by atoms with van der Waals surface area (Å²) in [6.45, 7) is 2.60. The highest BCUT2D eigenvalue weighted by atomic mass is 16.5. The maximum Gasteiger partial charge on any atom is 0.251 e. The number of piperidine rings is 1. The highest BCUT2D eigenvalue weighted by Gasteiger charge is 2.23. The van der Waals surface area contributed by atoms with E-state index in [1.165, 1.54) is 18.4 Å². The Morgan fingerprint density at radius 3 is 2.15 bits per heavy atom. The summed E-state index contributed by atoms with van der Waals surface area (Å²) in [6, 6.07) is 24.5. The maximum absolute atomic E-state index is 12.7. The zero-order valence-corrected chi connectivity index (χ0v) is 18.6. The van der Waals surface area contributed by atoms with Crippen molar-refractivity contribution in [1.29, 1.82) is 0 Å². The third-order valence-electron chi connectivity index (χ3n) is 5.97. The molecule has 170 valence electrons. The van der Waals surface area contributed by atoms with E-state index in [0.717, 1.165) is 19.5 Å². The molecule has 0 bridgehead atoms. The van der Waals surface area contributed by atoms with Gasteiger partial charge >= 0.3 is 0 Å². The van der Waals surface area contributed by atoms with Crippen LogP contribution in [0.4, 0.5) is 0 Å². The summed E-state index contributed by atoms with van der Waals surface area (Å²) in [5.41, 5.74) is 7.58. The second-order valence-corrected chi connectivity index (χ2v) is 8.33.